The third kappa shape index (κ3) is 6.72. The molecule has 0 aromatic heterocycles. The average Bonchev–Trinajstić information content (AvgIpc) is 2.74. The molecule has 0 aliphatic rings. The fourth-order valence-electron chi connectivity index (χ4n) is 2.78. The molecule has 3 aromatic carbocycles. The fraction of sp³-hybridized carbons (Fsp3) is 0.182. The molecule has 0 atom stereocenters. The largest absolute Gasteiger partial charge is 0.488 e. The molecule has 0 saturated carbocycles. The van der Waals surface area contributed by atoms with Crippen LogP contribution in [0.25, 0.3) is 0 Å². The molecule has 0 radical (unpaired) electrons. The van der Waals surface area contributed by atoms with E-state index in [0.29, 0.717) is 30.9 Å². The number of anilines is 1. The van der Waals surface area contributed by atoms with E-state index >= 15 is 0 Å². The highest BCUT2D eigenvalue weighted by Crippen LogP contribution is 2.20. The molecule has 8 heteroatoms. The van der Waals surface area contributed by atoms with Crippen LogP contribution in [-0.2, 0) is 13.2 Å². The number of para-hydroxylation sites is 1. The van der Waals surface area contributed by atoms with Crippen LogP contribution in [0, 0.1) is 15.9 Å². The minimum atomic E-state index is -0.420. The van der Waals surface area contributed by atoms with Gasteiger partial charge in [-0.15, -0.1) is 12.4 Å². The molecule has 30 heavy (non-hydrogen) atoms. The van der Waals surface area contributed by atoms with E-state index in [2.05, 4.69) is 10.6 Å². The molecule has 0 bridgehead atoms. The van der Waals surface area contributed by atoms with Crippen molar-refractivity contribution < 1.29 is 14.1 Å². The Balaban J connectivity index is 0.00000320. The summed E-state index contributed by atoms with van der Waals surface area (Å²) in [5.41, 5.74) is 2.40. The highest BCUT2D eigenvalue weighted by molar-refractivity contribution is 5.85. The number of ether oxygens (including phenoxy) is 1. The topological polar surface area (TPSA) is 76.4 Å². The van der Waals surface area contributed by atoms with E-state index in [1.165, 1.54) is 18.2 Å². The summed E-state index contributed by atoms with van der Waals surface area (Å²) in [4.78, 5) is 10.2. The number of nitro groups is 1. The summed E-state index contributed by atoms with van der Waals surface area (Å²) in [6.45, 7) is 2.13. The zero-order valence-electron chi connectivity index (χ0n) is 16.2. The summed E-state index contributed by atoms with van der Waals surface area (Å²) in [6, 6.07) is 20.5. The minimum Gasteiger partial charge on any atom is -0.488 e. The van der Waals surface area contributed by atoms with Crippen molar-refractivity contribution in [2.45, 2.75) is 13.2 Å². The van der Waals surface area contributed by atoms with Crippen LogP contribution in [0.5, 0.6) is 5.75 Å². The molecule has 0 spiro atoms. The summed E-state index contributed by atoms with van der Waals surface area (Å²) in [7, 11) is 0. The number of nitrogens with one attached hydrogen (secondary N) is 2. The fourth-order valence-corrected chi connectivity index (χ4v) is 2.78. The monoisotopic (exact) mass is 431 g/mol. The molecular weight excluding hydrogens is 409 g/mol. The molecule has 3 aromatic rings. The molecule has 0 fully saturated rings. The highest BCUT2D eigenvalue weighted by Gasteiger charge is 2.06. The maximum atomic E-state index is 13.7. The van der Waals surface area contributed by atoms with E-state index in [1.54, 1.807) is 30.3 Å². The van der Waals surface area contributed by atoms with Gasteiger partial charge in [0.05, 0.1) is 4.92 Å². The van der Waals surface area contributed by atoms with Crippen molar-refractivity contribution in [3.05, 3.63) is 99.9 Å². The molecule has 0 saturated heterocycles. The Morgan fingerprint density at radius 3 is 2.27 bits per heavy atom. The maximum absolute atomic E-state index is 13.7. The van der Waals surface area contributed by atoms with Crippen LogP contribution in [-0.4, -0.2) is 18.0 Å². The Bertz CT molecular complexity index is 954. The van der Waals surface area contributed by atoms with Gasteiger partial charge in [0.1, 0.15) is 18.2 Å². The zero-order valence-corrected chi connectivity index (χ0v) is 17.0. The van der Waals surface area contributed by atoms with Crippen molar-refractivity contribution in [3.63, 3.8) is 0 Å². The SMILES string of the molecule is Cl.O=[N+]([O-])c1ccc(NCCNCc2ccccc2OCc2ccccc2F)cc1. The van der Waals surface area contributed by atoms with E-state index in [9.17, 15) is 14.5 Å². The van der Waals surface area contributed by atoms with Crippen LogP contribution in [0.15, 0.2) is 72.8 Å². The molecule has 0 heterocycles. The van der Waals surface area contributed by atoms with Crippen molar-refractivity contribution >= 4 is 23.8 Å². The number of halogens is 2. The number of non-ortho nitro benzene ring substituents is 1. The molecule has 0 aliphatic heterocycles. The van der Waals surface area contributed by atoms with Gasteiger partial charge in [0.15, 0.2) is 0 Å². The quantitative estimate of drug-likeness (QED) is 0.270. The van der Waals surface area contributed by atoms with Crippen LogP contribution in [0.4, 0.5) is 15.8 Å². The number of nitro benzene ring substituents is 1. The number of benzene rings is 3. The molecule has 0 aliphatic carbocycles. The second kappa shape index (κ2) is 11.7. The van der Waals surface area contributed by atoms with Gasteiger partial charge < -0.3 is 15.4 Å². The lowest BCUT2D eigenvalue weighted by Crippen LogP contribution is -2.22. The Kier molecular flexibility index (Phi) is 9.05. The molecular formula is C22H23ClFN3O3. The van der Waals surface area contributed by atoms with Crippen molar-refractivity contribution in [2.24, 2.45) is 0 Å². The first kappa shape index (κ1) is 23.1. The molecule has 6 nitrogen and oxygen atoms in total. The predicted octanol–water partition coefficient (Wildman–Crippen LogP) is 4.94. The summed E-state index contributed by atoms with van der Waals surface area (Å²) in [5, 5.41) is 17.2. The van der Waals surface area contributed by atoms with Crippen LogP contribution < -0.4 is 15.4 Å². The number of hydrogen-bond acceptors (Lipinski definition) is 5. The van der Waals surface area contributed by atoms with Crippen molar-refractivity contribution in [1.29, 1.82) is 0 Å². The second-order valence-electron chi connectivity index (χ2n) is 6.40. The van der Waals surface area contributed by atoms with Crippen LogP contribution in [0.3, 0.4) is 0 Å². The zero-order chi connectivity index (χ0) is 20.5. The summed E-state index contributed by atoms with van der Waals surface area (Å²) in [6.07, 6.45) is 0. The van der Waals surface area contributed by atoms with Crippen molar-refractivity contribution in [1.82, 2.24) is 5.32 Å². The van der Waals surface area contributed by atoms with Crippen LogP contribution in [0.1, 0.15) is 11.1 Å². The Morgan fingerprint density at radius 1 is 0.900 bits per heavy atom. The first-order valence-corrected chi connectivity index (χ1v) is 9.26. The third-order valence-electron chi connectivity index (χ3n) is 4.34. The first-order chi connectivity index (χ1) is 14.1. The molecule has 2 N–H and O–H groups in total. The van der Waals surface area contributed by atoms with Gasteiger partial charge in [-0.2, -0.15) is 0 Å². The smallest absolute Gasteiger partial charge is 0.269 e. The predicted molar refractivity (Wildman–Crippen MR) is 118 cm³/mol. The number of nitrogens with zero attached hydrogens (tertiary/aromatic N) is 1. The van der Waals surface area contributed by atoms with Gasteiger partial charge >= 0.3 is 0 Å². The van der Waals surface area contributed by atoms with Gasteiger partial charge in [-0.3, -0.25) is 10.1 Å². The molecule has 0 amide bonds. The van der Waals surface area contributed by atoms with Gasteiger partial charge in [0.25, 0.3) is 5.69 Å². The van der Waals surface area contributed by atoms with Crippen LogP contribution in [0.2, 0.25) is 0 Å². The average molecular weight is 432 g/mol. The lowest BCUT2D eigenvalue weighted by molar-refractivity contribution is -0.384. The second-order valence-corrected chi connectivity index (χ2v) is 6.40. The van der Waals surface area contributed by atoms with Crippen molar-refractivity contribution in [2.75, 3.05) is 18.4 Å². The molecule has 3 rings (SSSR count). The first-order valence-electron chi connectivity index (χ1n) is 9.26. The molecule has 0 unspecified atom stereocenters. The number of hydrogen-bond donors (Lipinski definition) is 2. The van der Waals surface area contributed by atoms with E-state index in [0.717, 1.165) is 11.3 Å². The summed E-state index contributed by atoms with van der Waals surface area (Å²) >= 11 is 0. The van der Waals surface area contributed by atoms with E-state index in [-0.39, 0.29) is 30.5 Å². The Morgan fingerprint density at radius 2 is 1.57 bits per heavy atom. The van der Waals surface area contributed by atoms with E-state index < -0.39 is 4.92 Å². The minimum absolute atomic E-state index is 0. The number of rotatable bonds is 10. The summed E-state index contributed by atoms with van der Waals surface area (Å²) in [5.74, 6) is 0.437. The molecule has 158 valence electrons. The lowest BCUT2D eigenvalue weighted by atomic mass is 10.2. The van der Waals surface area contributed by atoms with Crippen LogP contribution >= 0.6 is 12.4 Å². The normalized spacial score (nSPS) is 10.2. The maximum Gasteiger partial charge on any atom is 0.269 e. The van der Waals surface area contributed by atoms with Crippen molar-refractivity contribution in [3.8, 4) is 5.75 Å². The van der Waals surface area contributed by atoms with Gasteiger partial charge in [-0.05, 0) is 24.3 Å². The third-order valence-corrected chi connectivity index (χ3v) is 4.34. The Hall–Kier alpha value is -3.16. The van der Waals surface area contributed by atoms with Gasteiger partial charge in [-0.25, -0.2) is 4.39 Å². The highest BCUT2D eigenvalue weighted by atomic mass is 35.5. The summed E-state index contributed by atoms with van der Waals surface area (Å²) < 4.78 is 19.6. The van der Waals surface area contributed by atoms with Gasteiger partial charge in [-0.1, -0.05) is 36.4 Å². The van der Waals surface area contributed by atoms with Gasteiger partial charge in [0, 0.05) is 48.6 Å². The lowest BCUT2D eigenvalue weighted by Gasteiger charge is -2.13. The van der Waals surface area contributed by atoms with E-state index in [1.807, 2.05) is 24.3 Å². The van der Waals surface area contributed by atoms with E-state index in [4.69, 9.17) is 4.74 Å². The van der Waals surface area contributed by atoms with Gasteiger partial charge in [0.2, 0.25) is 0 Å². The Labute approximate surface area is 180 Å². The standard InChI is InChI=1S/C22H22FN3O3.ClH/c23-21-7-3-1-6-18(21)16-29-22-8-4-2-5-17(22)15-24-13-14-25-19-9-11-20(12-10-19)26(27)28;/h1-12,24-25H,13-16H2;1H.